The molecule has 0 atom stereocenters. The lowest BCUT2D eigenvalue weighted by atomic mass is 9.99. The van der Waals surface area contributed by atoms with Crippen LogP contribution >= 0.6 is 0 Å². The van der Waals surface area contributed by atoms with E-state index in [0.29, 0.717) is 45.3 Å². The Morgan fingerprint density at radius 3 is 2.53 bits per heavy atom. The Hall–Kier alpha value is -3.48. The topological polar surface area (TPSA) is 78.2 Å². The Labute approximate surface area is 186 Å². The van der Waals surface area contributed by atoms with Gasteiger partial charge in [0.25, 0.3) is 5.91 Å². The SMILES string of the molecule is COc1ccc(-c2coc3cc(OCC(=O)N4CCC(C)CC4)ccc3c2=O)cc1OC. The number of likely N-dealkylation sites (tertiary alicyclic amines) is 1. The van der Waals surface area contributed by atoms with E-state index in [1.165, 1.54) is 6.26 Å². The van der Waals surface area contributed by atoms with Crippen molar-refractivity contribution in [1.29, 1.82) is 0 Å². The summed E-state index contributed by atoms with van der Waals surface area (Å²) in [5.41, 5.74) is 1.32. The Kier molecular flexibility index (Phi) is 6.35. The molecule has 1 aliphatic rings. The number of hydrogen-bond donors (Lipinski definition) is 0. The van der Waals surface area contributed by atoms with Gasteiger partial charge >= 0.3 is 0 Å². The molecule has 0 bridgehead atoms. The van der Waals surface area contributed by atoms with Gasteiger partial charge in [-0.25, -0.2) is 0 Å². The molecule has 4 rings (SSSR count). The zero-order valence-electron chi connectivity index (χ0n) is 18.6. The maximum atomic E-state index is 13.1. The highest BCUT2D eigenvalue weighted by Crippen LogP contribution is 2.32. The van der Waals surface area contributed by atoms with Crippen molar-refractivity contribution in [2.45, 2.75) is 19.8 Å². The quantitative estimate of drug-likeness (QED) is 0.577. The number of amides is 1. The van der Waals surface area contributed by atoms with Crippen molar-refractivity contribution in [1.82, 2.24) is 4.90 Å². The lowest BCUT2D eigenvalue weighted by Crippen LogP contribution is -2.40. The highest BCUT2D eigenvalue weighted by atomic mass is 16.5. The van der Waals surface area contributed by atoms with Gasteiger partial charge in [0.15, 0.2) is 23.5 Å². The van der Waals surface area contributed by atoms with Crippen LogP contribution in [0, 0.1) is 5.92 Å². The minimum atomic E-state index is -0.163. The van der Waals surface area contributed by atoms with E-state index < -0.39 is 0 Å². The molecule has 2 heterocycles. The maximum Gasteiger partial charge on any atom is 0.260 e. The molecule has 1 aliphatic heterocycles. The van der Waals surface area contributed by atoms with Gasteiger partial charge in [0.1, 0.15) is 17.6 Å². The van der Waals surface area contributed by atoms with Gasteiger partial charge in [-0.3, -0.25) is 9.59 Å². The summed E-state index contributed by atoms with van der Waals surface area (Å²) < 4.78 is 22.0. The van der Waals surface area contributed by atoms with Crippen LogP contribution in [0.15, 0.2) is 51.9 Å². The normalized spacial score (nSPS) is 14.4. The molecule has 7 nitrogen and oxygen atoms in total. The van der Waals surface area contributed by atoms with E-state index in [2.05, 4.69) is 6.92 Å². The van der Waals surface area contributed by atoms with E-state index in [4.69, 9.17) is 18.6 Å². The Bertz CT molecular complexity index is 1180. The van der Waals surface area contributed by atoms with Gasteiger partial charge in [0.05, 0.1) is 25.2 Å². The van der Waals surface area contributed by atoms with Crippen LogP contribution in [0.25, 0.3) is 22.1 Å². The second-order valence-corrected chi connectivity index (χ2v) is 8.06. The van der Waals surface area contributed by atoms with E-state index in [-0.39, 0.29) is 17.9 Å². The molecule has 32 heavy (non-hydrogen) atoms. The van der Waals surface area contributed by atoms with Crippen molar-refractivity contribution in [2.75, 3.05) is 33.9 Å². The van der Waals surface area contributed by atoms with Crippen molar-refractivity contribution in [3.63, 3.8) is 0 Å². The van der Waals surface area contributed by atoms with Gasteiger partial charge in [0, 0.05) is 19.2 Å². The standard InChI is InChI=1S/C25H27NO6/c1-16-8-10-26(11-9-16)24(27)15-31-18-5-6-19-22(13-18)32-14-20(25(19)28)17-4-7-21(29-2)23(12-17)30-3/h4-7,12-14,16H,8-11,15H2,1-3H3. The summed E-state index contributed by atoms with van der Waals surface area (Å²) in [6.45, 7) is 3.72. The maximum absolute atomic E-state index is 13.1. The summed E-state index contributed by atoms with van der Waals surface area (Å²) in [5.74, 6) is 2.23. The lowest BCUT2D eigenvalue weighted by Gasteiger charge is -2.30. The van der Waals surface area contributed by atoms with Crippen LogP contribution in [-0.4, -0.2) is 44.7 Å². The van der Waals surface area contributed by atoms with E-state index >= 15 is 0 Å². The van der Waals surface area contributed by atoms with Crippen molar-refractivity contribution in [2.24, 2.45) is 5.92 Å². The third kappa shape index (κ3) is 4.42. The molecular formula is C25H27NO6. The first-order valence-corrected chi connectivity index (χ1v) is 10.7. The zero-order chi connectivity index (χ0) is 22.7. The Morgan fingerprint density at radius 2 is 1.81 bits per heavy atom. The Morgan fingerprint density at radius 1 is 1.06 bits per heavy atom. The van der Waals surface area contributed by atoms with E-state index in [1.807, 2.05) is 4.90 Å². The van der Waals surface area contributed by atoms with Crippen LogP contribution in [0.1, 0.15) is 19.8 Å². The van der Waals surface area contributed by atoms with Crippen molar-refractivity contribution in [3.8, 4) is 28.4 Å². The molecule has 2 aromatic carbocycles. The molecule has 3 aromatic rings. The molecule has 0 aliphatic carbocycles. The molecule has 0 unspecified atom stereocenters. The molecule has 168 valence electrons. The number of piperidine rings is 1. The summed E-state index contributed by atoms with van der Waals surface area (Å²) in [5, 5.41) is 0.431. The molecule has 0 saturated carbocycles. The van der Waals surface area contributed by atoms with Gasteiger partial charge in [-0.05, 0) is 48.6 Å². The van der Waals surface area contributed by atoms with Gasteiger partial charge < -0.3 is 23.5 Å². The fourth-order valence-corrected chi connectivity index (χ4v) is 3.90. The zero-order valence-corrected chi connectivity index (χ0v) is 18.6. The monoisotopic (exact) mass is 437 g/mol. The van der Waals surface area contributed by atoms with Gasteiger partial charge in [0.2, 0.25) is 0 Å². The summed E-state index contributed by atoms with van der Waals surface area (Å²) in [4.78, 5) is 27.3. The molecule has 1 aromatic heterocycles. The lowest BCUT2D eigenvalue weighted by molar-refractivity contribution is -0.134. The van der Waals surface area contributed by atoms with Crippen molar-refractivity contribution in [3.05, 3.63) is 52.9 Å². The summed E-state index contributed by atoms with van der Waals surface area (Å²) in [7, 11) is 3.10. The van der Waals surface area contributed by atoms with E-state index in [9.17, 15) is 9.59 Å². The number of fused-ring (bicyclic) bond motifs is 1. The average molecular weight is 437 g/mol. The fraction of sp³-hybridized carbons (Fsp3) is 0.360. The largest absolute Gasteiger partial charge is 0.493 e. The first-order valence-electron chi connectivity index (χ1n) is 10.7. The molecule has 1 fully saturated rings. The molecule has 7 heteroatoms. The molecular weight excluding hydrogens is 410 g/mol. The molecule has 1 saturated heterocycles. The number of carbonyl (C=O) groups excluding carboxylic acids is 1. The third-order valence-electron chi connectivity index (χ3n) is 5.94. The van der Waals surface area contributed by atoms with Crippen LogP contribution in [0.5, 0.6) is 17.2 Å². The molecule has 1 amide bonds. The first kappa shape index (κ1) is 21.7. The highest BCUT2D eigenvalue weighted by Gasteiger charge is 2.20. The van der Waals surface area contributed by atoms with Crippen molar-refractivity contribution >= 4 is 16.9 Å². The number of methoxy groups -OCH3 is 2. The van der Waals surface area contributed by atoms with Crippen LogP contribution in [-0.2, 0) is 4.79 Å². The van der Waals surface area contributed by atoms with Gasteiger partial charge in [-0.2, -0.15) is 0 Å². The van der Waals surface area contributed by atoms with Crippen LogP contribution in [0.4, 0.5) is 0 Å². The average Bonchev–Trinajstić information content (AvgIpc) is 2.82. The summed E-state index contributed by atoms with van der Waals surface area (Å²) >= 11 is 0. The van der Waals surface area contributed by atoms with Crippen molar-refractivity contribution < 1.29 is 23.4 Å². The van der Waals surface area contributed by atoms with Crippen LogP contribution in [0.2, 0.25) is 0 Å². The predicted octanol–water partition coefficient (Wildman–Crippen LogP) is 4.11. The fourth-order valence-electron chi connectivity index (χ4n) is 3.90. The van der Waals surface area contributed by atoms with Crippen LogP contribution in [0.3, 0.4) is 0 Å². The van der Waals surface area contributed by atoms with Gasteiger partial charge in [-0.15, -0.1) is 0 Å². The first-order chi connectivity index (χ1) is 15.5. The third-order valence-corrected chi connectivity index (χ3v) is 5.94. The minimum absolute atomic E-state index is 0.0257. The Balaban J connectivity index is 1.52. The summed E-state index contributed by atoms with van der Waals surface area (Å²) in [6, 6.07) is 10.2. The smallest absolute Gasteiger partial charge is 0.260 e. The second kappa shape index (κ2) is 9.34. The minimum Gasteiger partial charge on any atom is -0.493 e. The molecule has 0 spiro atoms. The van der Waals surface area contributed by atoms with E-state index in [1.54, 1.807) is 50.6 Å². The van der Waals surface area contributed by atoms with E-state index in [0.717, 1.165) is 25.9 Å². The van der Waals surface area contributed by atoms with Crippen LogP contribution < -0.4 is 19.6 Å². The highest BCUT2D eigenvalue weighted by molar-refractivity contribution is 5.83. The number of benzene rings is 2. The molecule has 0 radical (unpaired) electrons. The number of rotatable bonds is 6. The second-order valence-electron chi connectivity index (χ2n) is 8.06. The summed E-state index contributed by atoms with van der Waals surface area (Å²) in [6.07, 6.45) is 3.47. The number of carbonyl (C=O) groups is 1. The predicted molar refractivity (Wildman–Crippen MR) is 121 cm³/mol. The molecule has 0 N–H and O–H groups in total. The number of hydrogen-bond acceptors (Lipinski definition) is 6. The van der Waals surface area contributed by atoms with Gasteiger partial charge in [-0.1, -0.05) is 13.0 Å². The number of ether oxygens (including phenoxy) is 3. The number of nitrogens with zero attached hydrogens (tertiary/aromatic N) is 1.